The van der Waals surface area contributed by atoms with Gasteiger partial charge in [-0.25, -0.2) is 14.6 Å². The molecule has 0 unspecified atom stereocenters. The van der Waals surface area contributed by atoms with E-state index in [-0.39, 0.29) is 34.4 Å². The number of rotatable bonds is 6. The van der Waals surface area contributed by atoms with Crippen LogP contribution >= 0.6 is 11.8 Å². The minimum Gasteiger partial charge on any atom is -0.421 e. The first kappa shape index (κ1) is 23.7. The van der Waals surface area contributed by atoms with E-state index in [1.165, 1.54) is 28.5 Å². The van der Waals surface area contributed by atoms with Crippen LogP contribution in [0.15, 0.2) is 78.1 Å². The van der Waals surface area contributed by atoms with E-state index in [1.54, 1.807) is 30.3 Å². The third-order valence-corrected chi connectivity index (χ3v) is 5.64. The van der Waals surface area contributed by atoms with Crippen molar-refractivity contribution in [1.82, 2.24) is 29.8 Å². The number of esters is 1. The molecule has 2 amide bonds. The van der Waals surface area contributed by atoms with Gasteiger partial charge in [-0.15, -0.1) is 15.3 Å². The zero-order valence-electron chi connectivity index (χ0n) is 19.3. The lowest BCUT2D eigenvalue weighted by Gasteiger charge is -2.12. The van der Waals surface area contributed by atoms with Gasteiger partial charge in [0.15, 0.2) is 11.6 Å². The molecule has 0 spiro atoms. The van der Waals surface area contributed by atoms with Gasteiger partial charge in [0, 0.05) is 11.8 Å². The molecule has 0 aliphatic heterocycles. The molecule has 3 heterocycles. The van der Waals surface area contributed by atoms with Crippen LogP contribution in [0.25, 0.3) is 17.0 Å². The average Bonchev–Trinajstić information content (AvgIpc) is 3.35. The molecule has 13 heteroatoms. The van der Waals surface area contributed by atoms with Crippen molar-refractivity contribution in [1.29, 1.82) is 0 Å². The Hall–Kier alpha value is -5.04. The van der Waals surface area contributed by atoms with Crippen molar-refractivity contribution in [3.8, 4) is 17.0 Å². The highest BCUT2D eigenvalue weighted by Gasteiger charge is 2.20. The number of fused-ring (bicyclic) bond motifs is 1. The van der Waals surface area contributed by atoms with Crippen LogP contribution in [0.3, 0.4) is 0 Å². The lowest BCUT2D eigenvalue weighted by Crippen LogP contribution is -2.21. The van der Waals surface area contributed by atoms with Gasteiger partial charge in [0.1, 0.15) is 11.4 Å². The van der Waals surface area contributed by atoms with Crippen molar-refractivity contribution in [2.24, 2.45) is 0 Å². The fourth-order valence-electron chi connectivity index (χ4n) is 3.32. The molecule has 5 rings (SSSR count). The van der Waals surface area contributed by atoms with Crippen molar-refractivity contribution in [3.05, 3.63) is 78.5 Å². The summed E-state index contributed by atoms with van der Waals surface area (Å²) in [4.78, 5) is 33.8. The smallest absolute Gasteiger partial charge is 0.348 e. The van der Waals surface area contributed by atoms with Gasteiger partial charge in [-0.1, -0.05) is 54.2 Å². The highest BCUT2D eigenvalue weighted by molar-refractivity contribution is 7.98. The van der Waals surface area contributed by atoms with Crippen molar-refractivity contribution in [2.75, 3.05) is 22.6 Å². The molecule has 0 aliphatic carbocycles. The molecule has 3 aromatic heterocycles. The first-order valence-electron chi connectivity index (χ1n) is 10.9. The van der Waals surface area contributed by atoms with Gasteiger partial charge in [0.2, 0.25) is 5.16 Å². The lowest BCUT2D eigenvalue weighted by molar-refractivity contribution is 0.0736. The van der Waals surface area contributed by atoms with Crippen molar-refractivity contribution in [3.63, 3.8) is 0 Å². The Morgan fingerprint density at radius 3 is 2.51 bits per heavy atom. The number of nitrogens with zero attached hydrogens (tertiary/aromatic N) is 6. The quantitative estimate of drug-likeness (QED) is 0.173. The second-order valence-corrected chi connectivity index (χ2v) is 8.28. The lowest BCUT2D eigenvalue weighted by atomic mass is 10.1. The number of aromatic nitrogens is 6. The van der Waals surface area contributed by atoms with E-state index >= 15 is 0 Å². The molecule has 0 atom stereocenters. The average molecular weight is 514 g/mol. The third-order valence-electron chi connectivity index (χ3n) is 5.10. The first-order valence-corrected chi connectivity index (χ1v) is 12.1. The van der Waals surface area contributed by atoms with Gasteiger partial charge in [-0.05, 0) is 30.5 Å². The van der Waals surface area contributed by atoms with Crippen LogP contribution in [-0.4, -0.2) is 48.0 Å². The van der Waals surface area contributed by atoms with E-state index in [0.29, 0.717) is 10.9 Å². The molecule has 5 aromatic rings. The Bertz CT molecular complexity index is 1590. The number of nitrogen functional groups attached to an aromatic ring is 1. The highest BCUT2D eigenvalue weighted by Crippen LogP contribution is 2.26. The fourth-order valence-corrected chi connectivity index (χ4v) is 3.66. The monoisotopic (exact) mass is 513 g/mol. The Kier molecular flexibility index (Phi) is 6.59. The van der Waals surface area contributed by atoms with E-state index in [4.69, 9.17) is 10.5 Å². The number of anilines is 3. The summed E-state index contributed by atoms with van der Waals surface area (Å²) in [6, 6.07) is 18.8. The summed E-state index contributed by atoms with van der Waals surface area (Å²) in [5, 5.41) is 18.1. The van der Waals surface area contributed by atoms with Gasteiger partial charge in [-0.2, -0.15) is 9.50 Å². The number of hydrogen-bond acceptors (Lipinski definition) is 10. The minimum atomic E-state index is -0.773. The second kappa shape index (κ2) is 10.3. The number of ether oxygens (including phenoxy) is 1. The van der Waals surface area contributed by atoms with Crippen LogP contribution in [0.4, 0.5) is 22.1 Å². The Balaban J connectivity index is 1.28. The second-order valence-electron chi connectivity index (χ2n) is 7.50. The summed E-state index contributed by atoms with van der Waals surface area (Å²) in [6.07, 6.45) is 3.08. The van der Waals surface area contributed by atoms with E-state index in [2.05, 4.69) is 35.9 Å². The molecule has 0 aliphatic rings. The number of urea groups is 1. The Morgan fingerprint density at radius 2 is 1.76 bits per heavy atom. The molecular formula is C24H19N9O3S. The van der Waals surface area contributed by atoms with Gasteiger partial charge in [-0.3, -0.25) is 5.32 Å². The molecule has 0 saturated carbocycles. The molecule has 4 N–H and O–H groups in total. The van der Waals surface area contributed by atoms with E-state index in [9.17, 15) is 9.59 Å². The summed E-state index contributed by atoms with van der Waals surface area (Å²) in [6.45, 7) is 0. The number of nitrogens with two attached hydrogens (primary N) is 1. The van der Waals surface area contributed by atoms with E-state index in [0.717, 1.165) is 5.56 Å². The Morgan fingerprint density at radius 1 is 0.973 bits per heavy atom. The van der Waals surface area contributed by atoms with Crippen molar-refractivity contribution < 1.29 is 14.3 Å². The maximum Gasteiger partial charge on any atom is 0.348 e. The molecule has 184 valence electrons. The Labute approximate surface area is 214 Å². The molecule has 12 nitrogen and oxygen atoms in total. The summed E-state index contributed by atoms with van der Waals surface area (Å²) < 4.78 is 6.78. The molecular weight excluding hydrogens is 494 g/mol. The molecule has 0 bridgehead atoms. The number of thioether (sulfide) groups is 1. The number of carbonyl (C=O) groups is 2. The molecule has 2 aromatic carbocycles. The standard InChI is InChI=1S/C24H19N9O3S/c1-37-24-29-22-26-13-15(20(25)33(22)32-24)21(34)36-18-10-6-5-9-17(18)27-23(35)28-19-12-11-16(30-31-19)14-7-3-2-4-8-14/h2-13H,25H2,1H3,(H2,27,28,31,35). The maximum atomic E-state index is 12.9. The van der Waals surface area contributed by atoms with Crippen LogP contribution < -0.4 is 21.1 Å². The summed E-state index contributed by atoms with van der Waals surface area (Å²) >= 11 is 1.32. The predicted molar refractivity (Wildman–Crippen MR) is 138 cm³/mol. The maximum absolute atomic E-state index is 12.9. The van der Waals surface area contributed by atoms with Gasteiger partial charge >= 0.3 is 12.0 Å². The van der Waals surface area contributed by atoms with Crippen LogP contribution in [0.5, 0.6) is 5.75 Å². The normalized spacial score (nSPS) is 10.7. The van der Waals surface area contributed by atoms with Gasteiger partial charge < -0.3 is 15.8 Å². The number of carbonyl (C=O) groups excluding carboxylic acids is 2. The van der Waals surface area contributed by atoms with E-state index in [1.807, 2.05) is 36.6 Å². The molecule has 0 fully saturated rings. The third kappa shape index (κ3) is 5.16. The number of amides is 2. The summed E-state index contributed by atoms with van der Waals surface area (Å²) in [5.41, 5.74) is 7.94. The largest absolute Gasteiger partial charge is 0.421 e. The number of hydrogen-bond donors (Lipinski definition) is 3. The van der Waals surface area contributed by atoms with E-state index < -0.39 is 12.0 Å². The van der Waals surface area contributed by atoms with Crippen molar-refractivity contribution >= 4 is 46.9 Å². The fraction of sp³-hybridized carbons (Fsp3) is 0.0417. The number of para-hydroxylation sites is 2. The zero-order valence-corrected chi connectivity index (χ0v) is 20.1. The molecule has 37 heavy (non-hydrogen) atoms. The highest BCUT2D eigenvalue weighted by atomic mass is 32.2. The van der Waals surface area contributed by atoms with Crippen LogP contribution in [0.1, 0.15) is 10.4 Å². The summed E-state index contributed by atoms with van der Waals surface area (Å²) in [5.74, 6) is -0.127. The predicted octanol–water partition coefficient (Wildman–Crippen LogP) is 3.75. The number of nitrogens with one attached hydrogen (secondary N) is 2. The molecule has 0 saturated heterocycles. The van der Waals surface area contributed by atoms with Crippen molar-refractivity contribution in [2.45, 2.75) is 5.16 Å². The summed E-state index contributed by atoms with van der Waals surface area (Å²) in [7, 11) is 0. The topological polar surface area (TPSA) is 162 Å². The van der Waals surface area contributed by atoms with Crippen LogP contribution in [-0.2, 0) is 0 Å². The molecule has 0 radical (unpaired) electrons. The van der Waals surface area contributed by atoms with Gasteiger partial charge in [0.05, 0.1) is 11.4 Å². The SMILES string of the molecule is CSc1nc2ncc(C(=O)Oc3ccccc3NC(=O)Nc3ccc(-c4ccccc4)nn3)c(N)n2n1. The van der Waals surface area contributed by atoms with Crippen LogP contribution in [0, 0.1) is 0 Å². The number of benzene rings is 2. The van der Waals surface area contributed by atoms with Gasteiger partial charge in [0.25, 0.3) is 5.78 Å². The minimum absolute atomic E-state index is 0.00177. The first-order chi connectivity index (χ1) is 18.0. The zero-order chi connectivity index (χ0) is 25.8. The van der Waals surface area contributed by atoms with Crippen LogP contribution in [0.2, 0.25) is 0 Å².